The lowest BCUT2D eigenvalue weighted by Gasteiger charge is -2.01. The van der Waals surface area contributed by atoms with Gasteiger partial charge in [-0.3, -0.25) is 5.10 Å². The van der Waals surface area contributed by atoms with Gasteiger partial charge in [0.15, 0.2) is 0 Å². The van der Waals surface area contributed by atoms with E-state index in [-0.39, 0.29) is 0 Å². The first-order valence-corrected chi connectivity index (χ1v) is 5.35. The van der Waals surface area contributed by atoms with Crippen LogP contribution in [0.5, 0.6) is 0 Å². The lowest BCUT2D eigenvalue weighted by Crippen LogP contribution is -1.89. The van der Waals surface area contributed by atoms with Gasteiger partial charge in [0.1, 0.15) is 0 Å². The van der Waals surface area contributed by atoms with Gasteiger partial charge >= 0.3 is 0 Å². The summed E-state index contributed by atoms with van der Waals surface area (Å²) in [5, 5.41) is 8.40. The lowest BCUT2D eigenvalue weighted by molar-refractivity contribution is 0.980. The number of nitrogens with zero attached hydrogens (tertiary/aromatic N) is 1. The van der Waals surface area contributed by atoms with E-state index >= 15 is 0 Å². The number of aryl methyl sites for hydroxylation is 1. The van der Waals surface area contributed by atoms with Gasteiger partial charge in [-0.25, -0.2) is 0 Å². The van der Waals surface area contributed by atoms with E-state index in [1.54, 1.807) is 6.07 Å². The summed E-state index contributed by atoms with van der Waals surface area (Å²) < 4.78 is 0. The Morgan fingerprint density at radius 2 is 2.07 bits per heavy atom. The second-order valence-corrected chi connectivity index (χ2v) is 4.30. The molecule has 0 saturated heterocycles. The van der Waals surface area contributed by atoms with Gasteiger partial charge in [-0.15, -0.1) is 0 Å². The maximum atomic E-state index is 6.06. The van der Waals surface area contributed by atoms with Crippen molar-refractivity contribution in [3.8, 4) is 0 Å². The zero-order chi connectivity index (χ0) is 10.8. The normalized spacial score (nSPS) is 10.6. The largest absolute Gasteiger partial charge is 0.283 e. The van der Waals surface area contributed by atoms with Crippen LogP contribution < -0.4 is 0 Å². The van der Waals surface area contributed by atoms with E-state index in [9.17, 15) is 0 Å². The van der Waals surface area contributed by atoms with E-state index in [0.29, 0.717) is 10.0 Å². The van der Waals surface area contributed by atoms with E-state index in [0.717, 1.165) is 23.4 Å². The van der Waals surface area contributed by atoms with Crippen LogP contribution in [0, 0.1) is 6.92 Å². The standard InChI is InChI=1S/C11H10Cl2N2/c1-7-4-10(15-14-7)5-8-2-3-9(12)6-11(8)13/h2-4,6H,5H2,1H3,(H,14,15). The molecule has 0 atom stereocenters. The summed E-state index contributed by atoms with van der Waals surface area (Å²) >= 11 is 11.9. The van der Waals surface area contributed by atoms with Crippen molar-refractivity contribution in [3.05, 3.63) is 51.3 Å². The maximum Gasteiger partial charge on any atom is 0.0669 e. The second kappa shape index (κ2) is 4.25. The number of aromatic nitrogens is 2. The fourth-order valence-corrected chi connectivity index (χ4v) is 1.90. The molecule has 0 saturated carbocycles. The molecule has 0 bridgehead atoms. The Hall–Kier alpha value is -0.990. The van der Waals surface area contributed by atoms with Crippen LogP contribution in [0.4, 0.5) is 0 Å². The van der Waals surface area contributed by atoms with Crippen LogP contribution in [-0.2, 0) is 6.42 Å². The van der Waals surface area contributed by atoms with Gasteiger partial charge in [0, 0.05) is 22.2 Å². The van der Waals surface area contributed by atoms with Crippen molar-refractivity contribution in [3.63, 3.8) is 0 Å². The van der Waals surface area contributed by atoms with Crippen molar-refractivity contribution in [2.24, 2.45) is 0 Å². The Labute approximate surface area is 98.2 Å². The summed E-state index contributed by atoms with van der Waals surface area (Å²) in [6.45, 7) is 1.97. The first-order chi connectivity index (χ1) is 7.15. The Morgan fingerprint density at radius 3 is 2.67 bits per heavy atom. The summed E-state index contributed by atoms with van der Waals surface area (Å²) in [5.41, 5.74) is 3.07. The third-order valence-electron chi connectivity index (χ3n) is 2.15. The molecule has 0 unspecified atom stereocenters. The van der Waals surface area contributed by atoms with E-state index in [1.165, 1.54) is 0 Å². The van der Waals surface area contributed by atoms with Crippen LogP contribution in [0.3, 0.4) is 0 Å². The summed E-state index contributed by atoms with van der Waals surface area (Å²) in [4.78, 5) is 0. The van der Waals surface area contributed by atoms with Crippen LogP contribution in [0.25, 0.3) is 0 Å². The smallest absolute Gasteiger partial charge is 0.0669 e. The highest BCUT2D eigenvalue weighted by atomic mass is 35.5. The third-order valence-corrected chi connectivity index (χ3v) is 2.73. The van der Waals surface area contributed by atoms with Crippen LogP contribution in [0.15, 0.2) is 24.3 Å². The monoisotopic (exact) mass is 240 g/mol. The van der Waals surface area contributed by atoms with Crippen LogP contribution >= 0.6 is 23.2 Å². The fourth-order valence-electron chi connectivity index (χ4n) is 1.43. The molecule has 0 aliphatic heterocycles. The highest BCUT2D eigenvalue weighted by Gasteiger charge is 2.04. The number of benzene rings is 1. The van der Waals surface area contributed by atoms with Gasteiger partial charge in [-0.2, -0.15) is 5.10 Å². The van der Waals surface area contributed by atoms with Crippen LogP contribution in [0.2, 0.25) is 10.0 Å². The Morgan fingerprint density at radius 1 is 1.27 bits per heavy atom. The van der Waals surface area contributed by atoms with Crippen LogP contribution in [0.1, 0.15) is 17.0 Å². The second-order valence-electron chi connectivity index (χ2n) is 3.45. The molecule has 1 heterocycles. The van der Waals surface area contributed by atoms with E-state index in [1.807, 2.05) is 25.1 Å². The number of aromatic amines is 1. The molecule has 1 aromatic heterocycles. The van der Waals surface area contributed by atoms with Gasteiger partial charge < -0.3 is 0 Å². The first kappa shape index (κ1) is 10.5. The minimum atomic E-state index is 0.655. The zero-order valence-electron chi connectivity index (χ0n) is 8.22. The van der Waals surface area contributed by atoms with Crippen molar-refractivity contribution in [2.75, 3.05) is 0 Å². The minimum Gasteiger partial charge on any atom is -0.283 e. The molecule has 0 aliphatic rings. The lowest BCUT2D eigenvalue weighted by atomic mass is 10.1. The number of hydrogen-bond acceptors (Lipinski definition) is 1. The molecule has 2 rings (SSSR count). The summed E-state index contributed by atoms with van der Waals surface area (Å²) in [5.74, 6) is 0. The molecular weight excluding hydrogens is 231 g/mol. The average Bonchev–Trinajstić information content (AvgIpc) is 2.56. The predicted octanol–water partition coefficient (Wildman–Crippen LogP) is 3.62. The molecule has 15 heavy (non-hydrogen) atoms. The molecule has 0 radical (unpaired) electrons. The zero-order valence-corrected chi connectivity index (χ0v) is 9.73. The predicted molar refractivity (Wildman–Crippen MR) is 62.6 cm³/mol. The number of halogens is 2. The van der Waals surface area contributed by atoms with Crippen molar-refractivity contribution in [1.29, 1.82) is 0 Å². The van der Waals surface area contributed by atoms with Crippen molar-refractivity contribution < 1.29 is 0 Å². The number of H-pyrrole nitrogens is 1. The van der Waals surface area contributed by atoms with E-state index in [2.05, 4.69) is 10.2 Å². The SMILES string of the molecule is Cc1cc(Cc2ccc(Cl)cc2Cl)n[nH]1. The third kappa shape index (κ3) is 2.52. The molecule has 4 heteroatoms. The Balaban J connectivity index is 2.24. The van der Waals surface area contributed by atoms with Gasteiger partial charge in [-0.1, -0.05) is 29.3 Å². The Bertz CT molecular complexity index is 477. The highest BCUT2D eigenvalue weighted by molar-refractivity contribution is 6.35. The van der Waals surface area contributed by atoms with E-state index in [4.69, 9.17) is 23.2 Å². The Kier molecular flexibility index (Phi) is 2.98. The fraction of sp³-hybridized carbons (Fsp3) is 0.182. The van der Waals surface area contributed by atoms with Crippen molar-refractivity contribution in [2.45, 2.75) is 13.3 Å². The first-order valence-electron chi connectivity index (χ1n) is 4.60. The molecule has 2 nitrogen and oxygen atoms in total. The average molecular weight is 241 g/mol. The molecule has 78 valence electrons. The number of rotatable bonds is 2. The minimum absolute atomic E-state index is 0.655. The molecule has 1 aromatic carbocycles. The topological polar surface area (TPSA) is 28.7 Å². The number of nitrogens with one attached hydrogen (secondary N) is 1. The molecular formula is C11H10Cl2N2. The molecule has 2 aromatic rings. The maximum absolute atomic E-state index is 6.06. The molecule has 0 amide bonds. The van der Waals surface area contributed by atoms with Crippen molar-refractivity contribution in [1.82, 2.24) is 10.2 Å². The summed E-state index contributed by atoms with van der Waals surface area (Å²) in [6.07, 6.45) is 0.723. The number of hydrogen-bond donors (Lipinski definition) is 1. The van der Waals surface area contributed by atoms with Crippen molar-refractivity contribution >= 4 is 23.2 Å². The molecule has 1 N–H and O–H groups in total. The summed E-state index contributed by atoms with van der Waals surface area (Å²) in [6, 6.07) is 7.51. The quantitative estimate of drug-likeness (QED) is 0.854. The van der Waals surface area contributed by atoms with Gasteiger partial charge in [0.25, 0.3) is 0 Å². The molecule has 0 spiro atoms. The molecule has 0 fully saturated rings. The van der Waals surface area contributed by atoms with E-state index < -0.39 is 0 Å². The van der Waals surface area contributed by atoms with Gasteiger partial charge in [0.05, 0.1) is 5.69 Å². The highest BCUT2D eigenvalue weighted by Crippen LogP contribution is 2.22. The van der Waals surface area contributed by atoms with Crippen LogP contribution in [-0.4, -0.2) is 10.2 Å². The molecule has 0 aliphatic carbocycles. The van der Waals surface area contributed by atoms with Gasteiger partial charge in [0.2, 0.25) is 0 Å². The summed E-state index contributed by atoms with van der Waals surface area (Å²) in [7, 11) is 0. The van der Waals surface area contributed by atoms with Gasteiger partial charge in [-0.05, 0) is 30.7 Å².